The molecule has 0 bridgehead atoms. The van der Waals surface area contributed by atoms with Crippen molar-refractivity contribution in [3.05, 3.63) is 12.3 Å². The topological polar surface area (TPSA) is 29.9 Å². The van der Waals surface area contributed by atoms with E-state index in [1.54, 1.807) is 0 Å². The average molecular weight is 225 g/mol. The van der Waals surface area contributed by atoms with E-state index in [0.29, 0.717) is 6.04 Å². The molecule has 0 aromatic carbocycles. The van der Waals surface area contributed by atoms with Crippen LogP contribution in [-0.2, 0) is 6.54 Å². The van der Waals surface area contributed by atoms with Crippen LogP contribution in [0.1, 0.15) is 26.2 Å². The maximum Gasteiger partial charge on any atom is 0.124 e. The first-order valence-corrected chi connectivity index (χ1v) is 6.91. The number of nitrogens with zero attached hydrogens (tertiary/aromatic N) is 2. The second-order valence-electron chi connectivity index (χ2n) is 4.00. The summed E-state index contributed by atoms with van der Waals surface area (Å²) < 4.78 is 2.09. The summed E-state index contributed by atoms with van der Waals surface area (Å²) >= 11 is 2.04. The van der Waals surface area contributed by atoms with Crippen LogP contribution >= 0.6 is 11.8 Å². The molecular weight excluding hydrogens is 206 g/mol. The number of hydrogen-bond acceptors (Lipinski definition) is 3. The molecule has 1 N–H and O–H groups in total. The van der Waals surface area contributed by atoms with Gasteiger partial charge in [-0.3, -0.25) is 0 Å². The van der Waals surface area contributed by atoms with Crippen LogP contribution in [0.3, 0.4) is 0 Å². The molecule has 1 aromatic rings. The summed E-state index contributed by atoms with van der Waals surface area (Å²) in [6.07, 6.45) is 5.60. The highest BCUT2D eigenvalue weighted by Gasteiger charge is 2.16. The number of aryl methyl sites for hydroxylation is 1. The largest absolute Gasteiger partial charge is 0.367 e. The molecule has 1 aliphatic rings. The zero-order chi connectivity index (χ0) is 10.5. The van der Waals surface area contributed by atoms with Gasteiger partial charge < -0.3 is 5.32 Å². The third kappa shape index (κ3) is 2.91. The quantitative estimate of drug-likeness (QED) is 0.835. The lowest BCUT2D eigenvalue weighted by Crippen LogP contribution is -2.20. The Morgan fingerprint density at radius 3 is 3.33 bits per heavy atom. The molecule has 2 rings (SSSR count). The third-order valence-electron chi connectivity index (χ3n) is 2.72. The van der Waals surface area contributed by atoms with Crippen LogP contribution in [0.25, 0.3) is 0 Å². The van der Waals surface area contributed by atoms with E-state index in [1.807, 2.05) is 18.0 Å². The fourth-order valence-corrected chi connectivity index (χ4v) is 2.95. The number of unbranched alkanes of at least 4 members (excludes halogenated alkanes) is 1. The van der Waals surface area contributed by atoms with Gasteiger partial charge in [-0.25, -0.2) is 4.68 Å². The van der Waals surface area contributed by atoms with Crippen molar-refractivity contribution in [2.24, 2.45) is 0 Å². The van der Waals surface area contributed by atoms with Crippen molar-refractivity contribution in [2.75, 3.05) is 16.8 Å². The van der Waals surface area contributed by atoms with Crippen LogP contribution < -0.4 is 5.32 Å². The summed E-state index contributed by atoms with van der Waals surface area (Å²) in [4.78, 5) is 0. The van der Waals surface area contributed by atoms with Gasteiger partial charge in [-0.2, -0.15) is 16.9 Å². The van der Waals surface area contributed by atoms with Crippen LogP contribution in [0.4, 0.5) is 5.82 Å². The number of anilines is 1. The molecule has 84 valence electrons. The molecule has 0 radical (unpaired) electrons. The first-order chi connectivity index (χ1) is 7.40. The molecule has 1 aliphatic heterocycles. The highest BCUT2D eigenvalue weighted by atomic mass is 32.2. The molecule has 4 heteroatoms. The maximum atomic E-state index is 4.34. The first-order valence-electron chi connectivity index (χ1n) is 5.76. The van der Waals surface area contributed by atoms with Gasteiger partial charge in [0.15, 0.2) is 0 Å². The Morgan fingerprint density at radius 1 is 1.67 bits per heavy atom. The van der Waals surface area contributed by atoms with E-state index in [0.717, 1.165) is 6.54 Å². The number of nitrogens with one attached hydrogen (secondary N) is 1. The second-order valence-corrected chi connectivity index (χ2v) is 5.15. The van der Waals surface area contributed by atoms with Crippen molar-refractivity contribution >= 4 is 17.6 Å². The summed E-state index contributed by atoms with van der Waals surface area (Å²) in [6.45, 7) is 3.25. The minimum Gasteiger partial charge on any atom is -0.367 e. The monoisotopic (exact) mass is 225 g/mol. The Morgan fingerprint density at radius 2 is 2.60 bits per heavy atom. The standard InChI is InChI=1S/C11H19N3S/c1-2-3-7-14-11(4-6-12-14)13-10-5-8-15-9-10/h4,6,10,13H,2-3,5,7-9H2,1H3. The SMILES string of the molecule is CCCCn1nccc1NC1CCSC1. The smallest absolute Gasteiger partial charge is 0.124 e. The van der Waals surface area contributed by atoms with Crippen LogP contribution in [0.5, 0.6) is 0 Å². The fraction of sp³-hybridized carbons (Fsp3) is 0.727. The molecule has 3 nitrogen and oxygen atoms in total. The van der Waals surface area contributed by atoms with Gasteiger partial charge in [0.1, 0.15) is 5.82 Å². The Balaban J connectivity index is 1.91. The van der Waals surface area contributed by atoms with Crippen molar-refractivity contribution in [1.29, 1.82) is 0 Å². The van der Waals surface area contributed by atoms with Gasteiger partial charge >= 0.3 is 0 Å². The van der Waals surface area contributed by atoms with Crippen molar-refractivity contribution in [1.82, 2.24) is 9.78 Å². The van der Waals surface area contributed by atoms with Gasteiger partial charge in [0.25, 0.3) is 0 Å². The zero-order valence-corrected chi connectivity index (χ0v) is 10.1. The minimum atomic E-state index is 0.645. The molecule has 0 saturated carbocycles. The highest BCUT2D eigenvalue weighted by Crippen LogP contribution is 2.21. The van der Waals surface area contributed by atoms with Gasteiger partial charge in [-0.1, -0.05) is 13.3 Å². The van der Waals surface area contributed by atoms with Crippen molar-refractivity contribution in [3.8, 4) is 0 Å². The van der Waals surface area contributed by atoms with E-state index < -0.39 is 0 Å². The summed E-state index contributed by atoms with van der Waals surface area (Å²) in [5.41, 5.74) is 0. The van der Waals surface area contributed by atoms with Gasteiger partial charge in [0.05, 0.1) is 6.20 Å². The molecule has 1 saturated heterocycles. The Hall–Kier alpha value is -0.640. The highest BCUT2D eigenvalue weighted by molar-refractivity contribution is 7.99. The molecule has 15 heavy (non-hydrogen) atoms. The normalized spacial score (nSPS) is 20.7. The van der Waals surface area contributed by atoms with Crippen LogP contribution in [0.2, 0.25) is 0 Å². The van der Waals surface area contributed by atoms with Gasteiger partial charge in [0.2, 0.25) is 0 Å². The van der Waals surface area contributed by atoms with Crippen molar-refractivity contribution in [3.63, 3.8) is 0 Å². The van der Waals surface area contributed by atoms with E-state index in [-0.39, 0.29) is 0 Å². The van der Waals surface area contributed by atoms with E-state index in [2.05, 4.69) is 28.1 Å². The number of rotatable bonds is 5. The average Bonchev–Trinajstić information content (AvgIpc) is 2.87. The zero-order valence-electron chi connectivity index (χ0n) is 9.28. The van der Waals surface area contributed by atoms with Gasteiger partial charge in [-0.05, 0) is 18.6 Å². The van der Waals surface area contributed by atoms with E-state index in [4.69, 9.17) is 0 Å². The van der Waals surface area contributed by atoms with E-state index in [9.17, 15) is 0 Å². The third-order valence-corrected chi connectivity index (χ3v) is 3.88. The lowest BCUT2D eigenvalue weighted by molar-refractivity contribution is 0.572. The number of hydrogen-bond donors (Lipinski definition) is 1. The van der Waals surface area contributed by atoms with Crippen LogP contribution in [0, 0.1) is 0 Å². The molecule has 1 atom stereocenters. The predicted molar refractivity (Wildman–Crippen MR) is 66.5 cm³/mol. The molecule has 2 heterocycles. The van der Waals surface area contributed by atoms with E-state index >= 15 is 0 Å². The summed E-state index contributed by atoms with van der Waals surface area (Å²) in [6, 6.07) is 2.73. The summed E-state index contributed by atoms with van der Waals surface area (Å²) in [5.74, 6) is 3.72. The maximum absolute atomic E-state index is 4.34. The predicted octanol–water partition coefficient (Wildman–Crippen LogP) is 2.60. The second kappa shape index (κ2) is 5.45. The molecule has 1 aromatic heterocycles. The minimum absolute atomic E-state index is 0.645. The first kappa shape index (κ1) is 10.9. The lowest BCUT2D eigenvalue weighted by atomic mass is 10.2. The Labute approximate surface area is 95.6 Å². The molecule has 1 unspecified atom stereocenters. The molecule has 0 amide bonds. The Kier molecular flexibility index (Phi) is 3.94. The molecule has 0 spiro atoms. The van der Waals surface area contributed by atoms with Crippen molar-refractivity contribution in [2.45, 2.75) is 38.8 Å². The number of aromatic nitrogens is 2. The fourth-order valence-electron chi connectivity index (χ4n) is 1.80. The van der Waals surface area contributed by atoms with Crippen LogP contribution in [-0.4, -0.2) is 27.3 Å². The molecule has 0 aliphatic carbocycles. The lowest BCUT2D eigenvalue weighted by Gasteiger charge is -2.14. The summed E-state index contributed by atoms with van der Waals surface area (Å²) in [7, 11) is 0. The summed E-state index contributed by atoms with van der Waals surface area (Å²) in [5, 5.41) is 7.92. The van der Waals surface area contributed by atoms with Crippen LogP contribution in [0.15, 0.2) is 12.3 Å². The van der Waals surface area contributed by atoms with Gasteiger partial charge in [0, 0.05) is 24.4 Å². The molecular formula is C11H19N3S. The Bertz CT molecular complexity index is 292. The molecule has 1 fully saturated rings. The van der Waals surface area contributed by atoms with Gasteiger partial charge in [-0.15, -0.1) is 0 Å². The van der Waals surface area contributed by atoms with Crippen molar-refractivity contribution < 1.29 is 0 Å². The van der Waals surface area contributed by atoms with E-state index in [1.165, 1.54) is 36.6 Å². The number of thioether (sulfide) groups is 1.